The number of hydrogen-bond acceptors (Lipinski definition) is 10. The summed E-state index contributed by atoms with van der Waals surface area (Å²) in [4.78, 5) is 38.3. The predicted octanol–water partition coefficient (Wildman–Crippen LogP) is -0.387. The van der Waals surface area contributed by atoms with Gasteiger partial charge in [-0.3, -0.25) is 19.4 Å². The third-order valence-corrected chi connectivity index (χ3v) is 4.71. The Morgan fingerprint density at radius 2 is 2.03 bits per heavy atom. The molecule has 164 valence electrons. The number of carbonyl (C=O) groups is 2. The molecule has 2 heterocycles. The molecule has 30 heavy (non-hydrogen) atoms. The third kappa shape index (κ3) is 6.24. The van der Waals surface area contributed by atoms with Crippen LogP contribution in [0.25, 0.3) is 0 Å². The Morgan fingerprint density at radius 3 is 2.67 bits per heavy atom. The number of hydrogen-bond donors (Lipinski definition) is 4. The first-order valence-corrected chi connectivity index (χ1v) is 9.53. The van der Waals surface area contributed by atoms with Crippen LogP contribution >= 0.6 is 0 Å². The molecule has 1 saturated heterocycles. The average molecular weight is 423 g/mol. The molecule has 12 nitrogen and oxygen atoms in total. The van der Waals surface area contributed by atoms with E-state index in [1.807, 2.05) is 6.07 Å². The number of anilines is 1. The Morgan fingerprint density at radius 1 is 1.33 bits per heavy atom. The zero-order valence-corrected chi connectivity index (χ0v) is 16.3. The van der Waals surface area contributed by atoms with E-state index in [2.05, 4.69) is 4.98 Å². The molecule has 0 aromatic carbocycles. The minimum absolute atomic E-state index is 0.0189. The summed E-state index contributed by atoms with van der Waals surface area (Å²) in [6.45, 7) is -0.261. The number of aromatic nitrogens is 2. The topological polar surface area (TPSA) is 190 Å². The molecule has 1 fully saturated rings. The number of hydroxylamine groups is 1. The monoisotopic (exact) mass is 423 g/mol. The largest absolute Gasteiger partial charge is 0.463 e. The van der Waals surface area contributed by atoms with Crippen molar-refractivity contribution in [3.05, 3.63) is 22.7 Å². The SMILES string of the molecule is N#C[C@H]1[C@H](O)[C@@H](COC(=O)CCCCCCC(=O)NO)O[C@H]1n1ccc(N)nc1=O. The fraction of sp³-hybridized carbons (Fsp3) is 0.611. The molecule has 1 aliphatic rings. The van der Waals surface area contributed by atoms with Gasteiger partial charge in [0.05, 0.1) is 6.07 Å². The summed E-state index contributed by atoms with van der Waals surface area (Å²) < 4.78 is 11.8. The molecule has 2 rings (SSSR count). The van der Waals surface area contributed by atoms with E-state index >= 15 is 0 Å². The molecular weight excluding hydrogens is 398 g/mol. The molecule has 1 aliphatic heterocycles. The van der Waals surface area contributed by atoms with E-state index in [1.54, 1.807) is 5.48 Å². The quantitative estimate of drug-likeness (QED) is 0.167. The molecule has 0 unspecified atom stereocenters. The van der Waals surface area contributed by atoms with E-state index in [9.17, 15) is 24.8 Å². The Balaban J connectivity index is 1.78. The van der Waals surface area contributed by atoms with Crippen molar-refractivity contribution in [1.29, 1.82) is 5.26 Å². The van der Waals surface area contributed by atoms with Gasteiger partial charge < -0.3 is 20.3 Å². The number of nitriles is 1. The van der Waals surface area contributed by atoms with Crippen molar-refractivity contribution in [3.8, 4) is 6.07 Å². The standard InChI is InChI=1S/C18H25N5O7/c19-9-11-16(26)12(30-17(11)23-8-7-13(20)21-18(23)27)10-29-15(25)6-4-2-1-3-5-14(24)22-28/h7-8,11-12,16-17,26,28H,1-6,10H2,(H,22,24)(H2,20,21,27)/t11-,12+,16-,17+/m0/s1. The Kier molecular flexibility index (Phi) is 8.72. The highest BCUT2D eigenvalue weighted by Gasteiger charge is 2.46. The summed E-state index contributed by atoms with van der Waals surface area (Å²) in [7, 11) is 0. The van der Waals surface area contributed by atoms with E-state index in [1.165, 1.54) is 12.3 Å². The maximum atomic E-state index is 12.0. The number of nitrogens with two attached hydrogens (primary N) is 1. The molecule has 0 aliphatic carbocycles. The number of carbonyl (C=O) groups excluding carboxylic acids is 2. The van der Waals surface area contributed by atoms with E-state index in [-0.39, 0.29) is 25.3 Å². The minimum Gasteiger partial charge on any atom is -0.463 e. The number of aliphatic hydroxyl groups is 1. The van der Waals surface area contributed by atoms with Gasteiger partial charge >= 0.3 is 11.7 Å². The minimum atomic E-state index is -1.25. The van der Waals surface area contributed by atoms with Crippen LogP contribution in [0.3, 0.4) is 0 Å². The molecule has 5 N–H and O–H groups in total. The number of nitrogens with zero attached hydrogens (tertiary/aromatic N) is 3. The van der Waals surface area contributed by atoms with Gasteiger partial charge in [-0.1, -0.05) is 12.8 Å². The van der Waals surface area contributed by atoms with Crippen molar-refractivity contribution in [2.75, 3.05) is 12.3 Å². The number of nitrogens with one attached hydrogen (secondary N) is 1. The third-order valence-electron chi connectivity index (χ3n) is 4.71. The second kappa shape index (κ2) is 11.2. The molecule has 1 aromatic heterocycles. The summed E-state index contributed by atoms with van der Waals surface area (Å²) in [6, 6.07) is 3.28. The fourth-order valence-electron chi connectivity index (χ4n) is 3.09. The number of rotatable bonds is 10. The summed E-state index contributed by atoms with van der Waals surface area (Å²) in [5.74, 6) is -1.96. The fourth-order valence-corrected chi connectivity index (χ4v) is 3.09. The Bertz CT molecular complexity index is 837. The van der Waals surface area contributed by atoms with Gasteiger partial charge in [-0.05, 0) is 18.9 Å². The molecular formula is C18H25N5O7. The molecule has 4 atom stereocenters. The lowest BCUT2D eigenvalue weighted by Crippen LogP contribution is -2.32. The molecule has 12 heteroatoms. The van der Waals surface area contributed by atoms with E-state index < -0.39 is 41.9 Å². The van der Waals surface area contributed by atoms with Crippen molar-refractivity contribution < 1.29 is 29.4 Å². The van der Waals surface area contributed by atoms with Crippen LogP contribution in [0.4, 0.5) is 5.82 Å². The number of esters is 1. The van der Waals surface area contributed by atoms with Crippen molar-refractivity contribution in [3.63, 3.8) is 0 Å². The van der Waals surface area contributed by atoms with Gasteiger partial charge in [0.2, 0.25) is 5.91 Å². The highest BCUT2D eigenvalue weighted by atomic mass is 16.6. The van der Waals surface area contributed by atoms with Gasteiger partial charge in [0, 0.05) is 19.0 Å². The van der Waals surface area contributed by atoms with Crippen LogP contribution in [-0.2, 0) is 19.1 Å². The first kappa shape index (κ1) is 23.3. The zero-order chi connectivity index (χ0) is 22.1. The Hall–Kier alpha value is -3.01. The van der Waals surface area contributed by atoms with Gasteiger partial charge in [0.1, 0.15) is 30.6 Å². The number of ether oxygens (including phenoxy) is 2. The van der Waals surface area contributed by atoms with E-state index in [0.717, 1.165) is 11.0 Å². The van der Waals surface area contributed by atoms with Crippen LogP contribution < -0.4 is 16.9 Å². The molecule has 0 bridgehead atoms. The van der Waals surface area contributed by atoms with Crippen LogP contribution in [0.5, 0.6) is 0 Å². The smallest absolute Gasteiger partial charge is 0.351 e. The van der Waals surface area contributed by atoms with Crippen LogP contribution in [0.1, 0.15) is 44.8 Å². The van der Waals surface area contributed by atoms with E-state index in [4.69, 9.17) is 20.4 Å². The van der Waals surface area contributed by atoms with Crippen LogP contribution in [0.15, 0.2) is 17.1 Å². The van der Waals surface area contributed by atoms with Gasteiger partial charge in [0.15, 0.2) is 6.23 Å². The van der Waals surface area contributed by atoms with Crippen molar-refractivity contribution >= 4 is 17.7 Å². The van der Waals surface area contributed by atoms with Gasteiger partial charge in [-0.2, -0.15) is 10.2 Å². The maximum absolute atomic E-state index is 12.0. The van der Waals surface area contributed by atoms with Gasteiger partial charge in [0.25, 0.3) is 0 Å². The molecule has 1 amide bonds. The first-order valence-electron chi connectivity index (χ1n) is 9.53. The lowest BCUT2D eigenvalue weighted by atomic mass is 10.0. The molecule has 1 aromatic rings. The van der Waals surface area contributed by atoms with Crippen LogP contribution in [0.2, 0.25) is 0 Å². The number of nitrogen functional groups attached to an aromatic ring is 1. The van der Waals surface area contributed by atoms with Crippen molar-refractivity contribution in [1.82, 2.24) is 15.0 Å². The summed E-state index contributed by atoms with van der Waals surface area (Å²) >= 11 is 0. The highest BCUT2D eigenvalue weighted by molar-refractivity contribution is 5.74. The predicted molar refractivity (Wildman–Crippen MR) is 101 cm³/mol. The van der Waals surface area contributed by atoms with Crippen molar-refractivity contribution in [2.24, 2.45) is 5.92 Å². The molecule has 0 spiro atoms. The summed E-state index contributed by atoms with van der Waals surface area (Å²) in [5.41, 5.74) is 6.28. The van der Waals surface area contributed by atoms with Gasteiger partial charge in [-0.25, -0.2) is 10.3 Å². The second-order valence-corrected chi connectivity index (χ2v) is 6.89. The Labute approximate surface area is 172 Å². The van der Waals surface area contributed by atoms with Gasteiger partial charge in [-0.15, -0.1) is 0 Å². The average Bonchev–Trinajstić information content (AvgIpc) is 3.03. The number of aliphatic hydroxyl groups excluding tert-OH is 1. The zero-order valence-electron chi connectivity index (χ0n) is 16.3. The van der Waals surface area contributed by atoms with Crippen LogP contribution in [0, 0.1) is 17.2 Å². The normalized spacial score (nSPS) is 23.0. The highest BCUT2D eigenvalue weighted by Crippen LogP contribution is 2.33. The molecule has 0 radical (unpaired) electrons. The van der Waals surface area contributed by atoms with Crippen molar-refractivity contribution in [2.45, 2.75) is 57.0 Å². The summed E-state index contributed by atoms with van der Waals surface area (Å²) in [5, 5.41) is 28.1. The number of amides is 1. The summed E-state index contributed by atoms with van der Waals surface area (Å²) in [6.07, 6.45) is 0.982. The number of unbranched alkanes of at least 4 members (excludes halogenated alkanes) is 3. The lowest BCUT2D eigenvalue weighted by molar-refractivity contribution is -0.150. The van der Waals surface area contributed by atoms with Crippen LogP contribution in [-0.4, -0.2) is 50.6 Å². The first-order chi connectivity index (χ1) is 14.4. The lowest BCUT2D eigenvalue weighted by Gasteiger charge is -2.16. The maximum Gasteiger partial charge on any atom is 0.351 e. The second-order valence-electron chi connectivity index (χ2n) is 6.89. The molecule has 0 saturated carbocycles. The van der Waals surface area contributed by atoms with E-state index in [0.29, 0.717) is 19.3 Å².